The van der Waals surface area contributed by atoms with Crippen molar-refractivity contribution in [2.24, 2.45) is 7.05 Å². The molecule has 1 amide bonds. The first-order valence-corrected chi connectivity index (χ1v) is 8.37. The molecule has 0 aliphatic carbocycles. The summed E-state index contributed by atoms with van der Waals surface area (Å²) in [5.41, 5.74) is 6.34. The number of carbonyl (C=O) groups is 1. The summed E-state index contributed by atoms with van der Waals surface area (Å²) in [4.78, 5) is 16.8. The Kier molecular flexibility index (Phi) is 3.80. The Morgan fingerprint density at radius 1 is 1.19 bits per heavy atom. The Balaban J connectivity index is 1.78. The lowest BCUT2D eigenvalue weighted by Crippen LogP contribution is -2.09. The maximum atomic E-state index is 12.5. The molecule has 0 bridgehead atoms. The van der Waals surface area contributed by atoms with Crippen LogP contribution in [0, 0.1) is 6.92 Å². The van der Waals surface area contributed by atoms with Gasteiger partial charge in [0.1, 0.15) is 0 Å². The average molecular weight is 345 g/mol. The molecular weight excluding hydrogens is 326 g/mol. The average Bonchev–Trinajstić information content (AvgIpc) is 3.16. The molecule has 0 saturated heterocycles. The second kappa shape index (κ2) is 6.15. The van der Waals surface area contributed by atoms with Crippen LogP contribution in [0.3, 0.4) is 0 Å². The molecule has 0 radical (unpaired) electrons. The Morgan fingerprint density at radius 2 is 2.04 bits per heavy atom. The van der Waals surface area contributed by atoms with E-state index >= 15 is 0 Å². The van der Waals surface area contributed by atoms with Crippen LogP contribution in [0.15, 0.2) is 54.6 Å². The van der Waals surface area contributed by atoms with E-state index in [9.17, 15) is 4.79 Å². The first-order chi connectivity index (χ1) is 12.5. The highest BCUT2D eigenvalue weighted by molar-refractivity contribution is 6.32. The number of benzene rings is 1. The van der Waals surface area contributed by atoms with Crippen molar-refractivity contribution in [3.8, 4) is 11.1 Å². The maximum absolute atomic E-state index is 12.5. The van der Waals surface area contributed by atoms with Gasteiger partial charge in [0.15, 0.2) is 5.82 Å². The molecule has 6 heteroatoms. The molecule has 2 aromatic heterocycles. The molecule has 6 nitrogen and oxygen atoms in total. The molecule has 1 aliphatic rings. The van der Waals surface area contributed by atoms with E-state index in [0.717, 1.165) is 33.6 Å². The topological polar surface area (TPSA) is 71.8 Å². The first-order valence-electron chi connectivity index (χ1n) is 8.37. The highest BCUT2D eigenvalue weighted by atomic mass is 16.2. The van der Waals surface area contributed by atoms with Crippen LogP contribution in [0.25, 0.3) is 16.7 Å². The Bertz CT molecular complexity index is 1050. The van der Waals surface area contributed by atoms with Gasteiger partial charge in [-0.2, -0.15) is 5.10 Å². The lowest BCUT2D eigenvalue weighted by atomic mass is 9.97. The molecule has 4 rings (SSSR count). The van der Waals surface area contributed by atoms with E-state index in [1.807, 2.05) is 56.7 Å². The van der Waals surface area contributed by atoms with E-state index < -0.39 is 0 Å². The molecule has 0 saturated carbocycles. The van der Waals surface area contributed by atoms with Gasteiger partial charge in [-0.25, -0.2) is 0 Å². The highest BCUT2D eigenvalue weighted by Gasteiger charge is 2.27. The molecule has 1 aromatic carbocycles. The smallest absolute Gasteiger partial charge is 0.258 e. The third kappa shape index (κ3) is 2.75. The van der Waals surface area contributed by atoms with Crippen molar-refractivity contribution >= 4 is 23.0 Å². The third-order valence-corrected chi connectivity index (χ3v) is 4.52. The lowest BCUT2D eigenvalue weighted by Gasteiger charge is -2.09. The Hall–Kier alpha value is -3.41. The number of amides is 1. The molecule has 0 fully saturated rings. The predicted octanol–water partition coefficient (Wildman–Crippen LogP) is 3.59. The van der Waals surface area contributed by atoms with E-state index in [1.165, 1.54) is 0 Å². The van der Waals surface area contributed by atoms with E-state index in [2.05, 4.69) is 27.6 Å². The maximum Gasteiger partial charge on any atom is 0.258 e. The molecular formula is C20H19N5O. The van der Waals surface area contributed by atoms with Gasteiger partial charge in [-0.1, -0.05) is 6.07 Å². The molecule has 2 N–H and O–H groups in total. The number of rotatable bonds is 3. The number of allylic oxidation sites excluding steroid dienone is 1. The zero-order valence-electron chi connectivity index (χ0n) is 14.9. The molecule has 130 valence electrons. The summed E-state index contributed by atoms with van der Waals surface area (Å²) in [5.74, 6) is 0.596. The summed E-state index contributed by atoms with van der Waals surface area (Å²) in [7, 11) is 1.85. The number of aryl methyl sites for hydroxylation is 2. The first kappa shape index (κ1) is 16.1. The van der Waals surface area contributed by atoms with E-state index in [-0.39, 0.29) is 5.91 Å². The number of aromatic nitrogens is 3. The number of nitrogens with one attached hydrogen (secondary N) is 2. The molecule has 0 unspecified atom stereocenters. The van der Waals surface area contributed by atoms with Crippen molar-refractivity contribution in [2.75, 3.05) is 10.6 Å². The van der Waals surface area contributed by atoms with Crippen LogP contribution in [0.4, 0.5) is 11.5 Å². The van der Waals surface area contributed by atoms with Gasteiger partial charge >= 0.3 is 0 Å². The summed E-state index contributed by atoms with van der Waals surface area (Å²) in [6.07, 6.45) is 5.49. The van der Waals surface area contributed by atoms with Crippen LogP contribution in [-0.2, 0) is 11.8 Å². The number of anilines is 2. The van der Waals surface area contributed by atoms with Gasteiger partial charge in [0.2, 0.25) is 0 Å². The van der Waals surface area contributed by atoms with Crippen LogP contribution >= 0.6 is 0 Å². The Morgan fingerprint density at radius 3 is 2.77 bits per heavy atom. The van der Waals surface area contributed by atoms with Crippen LogP contribution < -0.4 is 10.6 Å². The van der Waals surface area contributed by atoms with Crippen molar-refractivity contribution in [3.05, 3.63) is 65.7 Å². The normalized spacial score (nSPS) is 14.8. The molecule has 0 spiro atoms. The van der Waals surface area contributed by atoms with Crippen LogP contribution in [-0.4, -0.2) is 20.7 Å². The molecule has 26 heavy (non-hydrogen) atoms. The van der Waals surface area contributed by atoms with Gasteiger partial charge in [-0.3, -0.25) is 14.5 Å². The molecule has 3 aromatic rings. The zero-order valence-corrected chi connectivity index (χ0v) is 14.9. The van der Waals surface area contributed by atoms with Gasteiger partial charge in [0, 0.05) is 54.2 Å². The van der Waals surface area contributed by atoms with Gasteiger partial charge in [-0.15, -0.1) is 0 Å². The van der Waals surface area contributed by atoms with Gasteiger partial charge in [-0.05, 0) is 43.2 Å². The van der Waals surface area contributed by atoms with E-state index in [1.54, 1.807) is 10.9 Å². The number of hydrogen-bond donors (Lipinski definition) is 2. The van der Waals surface area contributed by atoms with Gasteiger partial charge < -0.3 is 10.6 Å². The fourth-order valence-corrected chi connectivity index (χ4v) is 3.21. The second-order valence-electron chi connectivity index (χ2n) is 6.40. The van der Waals surface area contributed by atoms with Gasteiger partial charge in [0.05, 0.1) is 5.57 Å². The lowest BCUT2D eigenvalue weighted by molar-refractivity contribution is -0.110. The zero-order chi connectivity index (χ0) is 18.3. The highest BCUT2D eigenvalue weighted by Crippen LogP contribution is 2.37. The number of hydrogen-bond acceptors (Lipinski definition) is 4. The standard InChI is InChI=1S/C20H19N5O/c1-12-6-8-21-11-16(12)14-4-5-17-15(10-14)19(20(26)23-17)13(2)22-18-7-9-25(3)24-18/h4-11H,1-3H3,(H,22,24)(H,23,26)/b19-13-. The van der Waals surface area contributed by atoms with Gasteiger partial charge in [0.25, 0.3) is 5.91 Å². The summed E-state index contributed by atoms with van der Waals surface area (Å²) in [5, 5.41) is 10.5. The SMILES string of the molecule is C/C(Nc1ccn(C)n1)=C1/C(=O)Nc2ccc(-c3cnccc3C)cc21. The number of carbonyl (C=O) groups excluding carboxylic acids is 1. The predicted molar refractivity (Wildman–Crippen MR) is 102 cm³/mol. The molecule has 3 heterocycles. The van der Waals surface area contributed by atoms with Crippen molar-refractivity contribution in [1.29, 1.82) is 0 Å². The summed E-state index contributed by atoms with van der Waals surface area (Å²) in [6.45, 7) is 3.94. The second-order valence-corrected chi connectivity index (χ2v) is 6.40. The van der Waals surface area contributed by atoms with Crippen LogP contribution in [0.2, 0.25) is 0 Å². The molecule has 0 atom stereocenters. The minimum atomic E-state index is -0.110. The number of pyridine rings is 1. The fourth-order valence-electron chi connectivity index (χ4n) is 3.21. The van der Waals surface area contributed by atoms with Crippen molar-refractivity contribution in [1.82, 2.24) is 14.8 Å². The van der Waals surface area contributed by atoms with Crippen LogP contribution in [0.5, 0.6) is 0 Å². The third-order valence-electron chi connectivity index (χ3n) is 4.52. The summed E-state index contributed by atoms with van der Waals surface area (Å²) >= 11 is 0. The number of fused-ring (bicyclic) bond motifs is 1. The summed E-state index contributed by atoms with van der Waals surface area (Å²) < 4.78 is 1.71. The Labute approximate surface area is 151 Å². The van der Waals surface area contributed by atoms with E-state index in [4.69, 9.17) is 0 Å². The largest absolute Gasteiger partial charge is 0.342 e. The minimum absolute atomic E-state index is 0.110. The van der Waals surface area contributed by atoms with Crippen molar-refractivity contribution in [2.45, 2.75) is 13.8 Å². The van der Waals surface area contributed by atoms with E-state index in [0.29, 0.717) is 11.4 Å². The minimum Gasteiger partial charge on any atom is -0.342 e. The van der Waals surface area contributed by atoms with Crippen molar-refractivity contribution in [3.63, 3.8) is 0 Å². The molecule has 1 aliphatic heterocycles. The summed E-state index contributed by atoms with van der Waals surface area (Å²) in [6, 6.07) is 9.84. The number of nitrogens with zero attached hydrogens (tertiary/aromatic N) is 3. The monoisotopic (exact) mass is 345 g/mol. The quantitative estimate of drug-likeness (QED) is 0.712. The van der Waals surface area contributed by atoms with Crippen LogP contribution in [0.1, 0.15) is 18.1 Å². The van der Waals surface area contributed by atoms with Crippen molar-refractivity contribution < 1.29 is 4.79 Å². The fraction of sp³-hybridized carbons (Fsp3) is 0.150.